The van der Waals surface area contributed by atoms with Crippen LogP contribution in [0.3, 0.4) is 0 Å². The van der Waals surface area contributed by atoms with Crippen molar-refractivity contribution in [1.29, 1.82) is 0 Å². The summed E-state index contributed by atoms with van der Waals surface area (Å²) in [5.41, 5.74) is 0. The van der Waals surface area contributed by atoms with Crippen LogP contribution in [-0.4, -0.2) is 0 Å². The Morgan fingerprint density at radius 2 is 0.400 bits per heavy atom. The third kappa shape index (κ3) is 651. The quantitative estimate of drug-likeness (QED) is 0.163. The van der Waals surface area contributed by atoms with E-state index in [1.54, 1.807) is 0 Å². The zero-order chi connectivity index (χ0) is 16.2. The van der Waals surface area contributed by atoms with E-state index in [-0.39, 0.29) is 31.0 Å². The van der Waals surface area contributed by atoms with Gasteiger partial charge in [0.05, 0.1) is 0 Å². The smallest absolute Gasteiger partial charge is 0 e. The van der Waals surface area contributed by atoms with Crippen molar-refractivity contribution in [2.45, 2.75) is 0 Å². The molecule has 1 atom stereocenters. The van der Waals surface area contributed by atoms with Crippen molar-refractivity contribution in [1.82, 2.24) is 0 Å². The molecule has 0 aliphatic carbocycles. The second-order valence-electron chi connectivity index (χ2n) is 0.408. The number of hydrogen-bond acceptors (Lipinski definition) is 12. The average molecular weight is 985 g/mol. The van der Waals surface area contributed by atoms with Crippen molar-refractivity contribution < 1.29 is 177 Å². The van der Waals surface area contributed by atoms with Gasteiger partial charge in [0, 0.05) is 21.1 Å². The van der Waals surface area contributed by atoms with Crippen molar-refractivity contribution in [3.8, 4) is 0 Å². The van der Waals surface area contributed by atoms with Gasteiger partial charge in [0.15, 0.2) is 0 Å². The molecule has 0 radical (unpaired) electrons. The van der Waals surface area contributed by atoms with Crippen molar-refractivity contribution >= 4 is 9.90 Å². The molecule has 128 valence electrons. The molecule has 0 N–H and O–H groups in total. The Balaban J connectivity index is -0.0000000141. The van der Waals surface area contributed by atoms with Crippen LogP contribution in [0.15, 0.2) is 0 Å². The topological polar surface area (TPSA) is 241 Å². The minimum absolute atomic E-state index is 0. The van der Waals surface area contributed by atoms with Gasteiger partial charge in [-0.3, -0.25) is 0 Å². The normalized spacial score (nSPS) is 3.90. The Morgan fingerprint density at radius 3 is 0.400 bits per heavy atom. The van der Waals surface area contributed by atoms with Gasteiger partial charge in [-0.25, -0.2) is 0 Å². The zero-order valence-corrected chi connectivity index (χ0v) is 24.9. The Kier molecular flexibility index (Phi) is 279. The third-order valence-corrected chi connectivity index (χ3v) is 0. The van der Waals surface area contributed by atoms with E-state index in [2.05, 4.69) is 0 Å². The fourth-order valence-corrected chi connectivity index (χ4v) is 0. The fraction of sp³-hybridized carbons (Fsp3) is 0. The molecule has 0 aromatic carbocycles. The van der Waals surface area contributed by atoms with Crippen molar-refractivity contribution in [2.75, 3.05) is 0 Å². The summed E-state index contributed by atoms with van der Waals surface area (Å²) in [6.45, 7) is 0. The molecular formula is H3Mo6O12PW-6. The summed E-state index contributed by atoms with van der Waals surface area (Å²) < 4.78 is 102. The fourth-order valence-electron chi connectivity index (χ4n) is 0. The molecule has 1 unspecified atom stereocenters. The molecule has 0 heterocycles. The van der Waals surface area contributed by atoms with Crippen LogP contribution < -0.4 is 22.6 Å². The molecule has 0 aliphatic heterocycles. The molecule has 12 nitrogen and oxygen atoms in total. The third-order valence-electron chi connectivity index (χ3n) is 0. The molecule has 0 aromatic heterocycles. The summed E-state index contributed by atoms with van der Waals surface area (Å²) in [4.78, 5) is 0. The van der Waals surface area contributed by atoms with Gasteiger partial charge in [0.1, 0.15) is 0 Å². The van der Waals surface area contributed by atoms with E-state index < -0.39 is 113 Å². The molecule has 20 heteroatoms. The molecule has 0 saturated heterocycles. The zero-order valence-electron chi connectivity index (χ0n) is 8.46. The first-order chi connectivity index (χ1) is 8.49. The standard InChI is InChI=1S/6Mo.12O.H3P.W/h;;;;;;;;;;;;;;;;;;1H3;/q;;;;;;;;;;;;6*-1;;. The maximum atomic E-state index is 8.50. The van der Waals surface area contributed by atoms with Gasteiger partial charge in [-0.2, -0.15) is 9.90 Å². The monoisotopic (exact) mass is 997 g/mol. The largest absolute Gasteiger partial charge is 0 e. The van der Waals surface area contributed by atoms with Crippen LogP contribution in [0.2, 0.25) is 0 Å². The predicted molar refractivity (Wildman–Crippen MR) is 15.2 cm³/mol. The number of hydrogen-bond donors (Lipinski definition) is 0. The van der Waals surface area contributed by atoms with E-state index in [0.29, 0.717) is 0 Å². The maximum absolute atomic E-state index is 8.50. The van der Waals surface area contributed by atoms with Crippen LogP contribution >= 0.6 is 9.90 Å². The summed E-state index contributed by atoms with van der Waals surface area (Å²) in [7, 11) is 0. The SMILES string of the molecule is P.[O]=[Mo][O-].[O]=[Mo][O-].[O]=[Mo][O-].[O]=[Mo][O-].[O]=[Mo][O-].[O]=[Mo][O-].[W]. The van der Waals surface area contributed by atoms with Gasteiger partial charge >= 0.3 is 156 Å². The van der Waals surface area contributed by atoms with Gasteiger partial charge < -0.3 is 0 Å². The van der Waals surface area contributed by atoms with Crippen molar-refractivity contribution in [2.24, 2.45) is 0 Å². The van der Waals surface area contributed by atoms with E-state index in [0.717, 1.165) is 0 Å². The summed E-state index contributed by atoms with van der Waals surface area (Å²) in [6, 6.07) is 0. The van der Waals surface area contributed by atoms with E-state index in [1.807, 2.05) is 0 Å². The first-order valence-corrected chi connectivity index (χ1v) is 11.8. The summed E-state index contributed by atoms with van der Waals surface area (Å²) >= 11 is -12.2. The molecule has 0 amide bonds. The van der Waals surface area contributed by atoms with E-state index in [4.69, 9.17) is 42.9 Å². The minimum atomic E-state index is -2.03. The maximum Gasteiger partial charge on any atom is 0 e. The summed E-state index contributed by atoms with van der Waals surface area (Å²) in [6.07, 6.45) is 0. The van der Waals surface area contributed by atoms with Crippen LogP contribution in [-0.2, 0) is 155 Å². The second-order valence-corrected chi connectivity index (χ2v) is 2.42. The molecular weight excluding hydrogens is 982 g/mol. The van der Waals surface area contributed by atoms with Crippen LogP contribution in [0.1, 0.15) is 0 Å². The van der Waals surface area contributed by atoms with Gasteiger partial charge in [-0.15, -0.1) is 0 Å². The molecule has 0 spiro atoms. The van der Waals surface area contributed by atoms with Crippen LogP contribution in [0.25, 0.3) is 0 Å². The van der Waals surface area contributed by atoms with E-state index in [1.165, 1.54) is 0 Å². The minimum Gasteiger partial charge on any atom is 0 e. The van der Waals surface area contributed by atoms with Crippen LogP contribution in [0, 0.1) is 0 Å². The molecule has 0 aromatic rings. The van der Waals surface area contributed by atoms with Crippen LogP contribution in [0.5, 0.6) is 0 Å². The first-order valence-electron chi connectivity index (χ1n) is 2.00. The molecule has 0 aliphatic rings. The molecule has 0 bridgehead atoms. The van der Waals surface area contributed by atoms with Gasteiger partial charge in [0.25, 0.3) is 0 Å². The molecule has 0 fully saturated rings. The van der Waals surface area contributed by atoms with E-state index in [9.17, 15) is 0 Å². The Morgan fingerprint density at radius 1 is 0.400 bits per heavy atom. The Bertz CT molecular complexity index is 119. The van der Waals surface area contributed by atoms with Crippen molar-refractivity contribution in [3.63, 3.8) is 0 Å². The van der Waals surface area contributed by atoms with Gasteiger partial charge in [-0.05, 0) is 0 Å². The number of rotatable bonds is 0. The van der Waals surface area contributed by atoms with Crippen LogP contribution in [0.4, 0.5) is 0 Å². The Labute approximate surface area is 184 Å². The Hall–Kier alpha value is 3.81. The summed E-state index contributed by atoms with van der Waals surface area (Å²) in [5.74, 6) is 0. The predicted octanol–water partition coefficient (Wildman–Crippen LogP) is -7.81. The molecule has 0 saturated carbocycles. The molecule has 20 heavy (non-hydrogen) atoms. The van der Waals surface area contributed by atoms with E-state index >= 15 is 0 Å². The average Bonchev–Trinajstić information content (AvgIpc) is 2.23. The van der Waals surface area contributed by atoms with Gasteiger partial charge in [0.2, 0.25) is 0 Å². The second kappa shape index (κ2) is 113. The molecule has 0 rings (SSSR count). The van der Waals surface area contributed by atoms with Crippen molar-refractivity contribution in [3.05, 3.63) is 0 Å². The van der Waals surface area contributed by atoms with Gasteiger partial charge in [-0.1, -0.05) is 0 Å². The summed E-state index contributed by atoms with van der Waals surface area (Å²) in [5, 5.41) is 0. The first kappa shape index (κ1) is 49.6.